The van der Waals surface area contributed by atoms with Gasteiger partial charge >= 0.3 is 0 Å². The highest BCUT2D eigenvalue weighted by Gasteiger charge is 2.26. The van der Waals surface area contributed by atoms with E-state index >= 15 is 0 Å². The maximum absolute atomic E-state index is 10.9. The molecule has 0 aliphatic heterocycles. The zero-order valence-corrected chi connectivity index (χ0v) is 10.5. The lowest BCUT2D eigenvalue weighted by molar-refractivity contribution is -0.120. The number of carbonyl (C=O) groups excluding carboxylic acids is 1. The van der Waals surface area contributed by atoms with E-state index in [2.05, 4.69) is 5.32 Å². The van der Waals surface area contributed by atoms with Crippen LogP contribution in [0.25, 0.3) is 0 Å². The van der Waals surface area contributed by atoms with Crippen molar-refractivity contribution in [1.82, 2.24) is 5.32 Å². The number of ether oxygens (including phenoxy) is 1. The van der Waals surface area contributed by atoms with Crippen molar-refractivity contribution in [1.29, 1.82) is 0 Å². The largest absolute Gasteiger partial charge is 0.372 e. The van der Waals surface area contributed by atoms with Crippen molar-refractivity contribution in [2.24, 2.45) is 0 Å². The predicted molar refractivity (Wildman–Crippen MR) is 64.5 cm³/mol. The Labute approximate surface area is 101 Å². The van der Waals surface area contributed by atoms with Crippen LogP contribution in [-0.2, 0) is 15.1 Å². The van der Waals surface area contributed by atoms with Gasteiger partial charge in [0.2, 0.25) is 5.91 Å². The van der Waals surface area contributed by atoms with Gasteiger partial charge in [0, 0.05) is 19.1 Å². The van der Waals surface area contributed by atoms with Crippen LogP contribution in [0.2, 0.25) is 5.02 Å². The Balaban J connectivity index is 2.90. The molecule has 16 heavy (non-hydrogen) atoms. The molecule has 0 fully saturated rings. The second-order valence-corrected chi connectivity index (χ2v) is 4.29. The summed E-state index contributed by atoms with van der Waals surface area (Å²) in [5, 5.41) is 3.40. The molecule has 0 spiro atoms. The highest BCUT2D eigenvalue weighted by atomic mass is 35.5. The van der Waals surface area contributed by atoms with Gasteiger partial charge in [0.05, 0.1) is 6.54 Å². The summed E-state index contributed by atoms with van der Waals surface area (Å²) in [5.74, 6) is -0.0784. The van der Waals surface area contributed by atoms with Crippen LogP contribution in [0.5, 0.6) is 0 Å². The zero-order chi connectivity index (χ0) is 12.2. The summed E-state index contributed by atoms with van der Waals surface area (Å²) >= 11 is 5.93. The first-order valence-corrected chi connectivity index (χ1v) is 5.41. The standard InChI is InChI=1S/C12H16ClNO2/c1-9(15)14-8-12(2,16-3)10-5-4-6-11(13)7-10/h4-7H,8H2,1-3H3,(H,14,15). The Bertz CT molecular complexity index is 381. The average Bonchev–Trinajstić information content (AvgIpc) is 2.26. The summed E-state index contributed by atoms with van der Waals surface area (Å²) in [4.78, 5) is 10.9. The summed E-state index contributed by atoms with van der Waals surface area (Å²) in [6.07, 6.45) is 0. The number of carbonyl (C=O) groups is 1. The molecule has 1 amide bonds. The van der Waals surface area contributed by atoms with Crippen molar-refractivity contribution in [3.05, 3.63) is 34.9 Å². The number of rotatable bonds is 4. The average molecular weight is 242 g/mol. The van der Waals surface area contributed by atoms with Crippen LogP contribution >= 0.6 is 11.6 Å². The minimum absolute atomic E-state index is 0.0784. The molecule has 0 aliphatic carbocycles. The van der Waals surface area contributed by atoms with Crippen LogP contribution < -0.4 is 5.32 Å². The van der Waals surface area contributed by atoms with Crippen molar-refractivity contribution < 1.29 is 9.53 Å². The molecule has 1 unspecified atom stereocenters. The molecule has 1 aromatic carbocycles. The van der Waals surface area contributed by atoms with E-state index < -0.39 is 5.60 Å². The van der Waals surface area contributed by atoms with Gasteiger partial charge in [0.1, 0.15) is 5.60 Å². The maximum Gasteiger partial charge on any atom is 0.216 e. The van der Waals surface area contributed by atoms with E-state index in [9.17, 15) is 4.79 Å². The first kappa shape index (κ1) is 13.0. The summed E-state index contributed by atoms with van der Waals surface area (Å²) in [7, 11) is 1.61. The smallest absolute Gasteiger partial charge is 0.216 e. The quantitative estimate of drug-likeness (QED) is 0.879. The van der Waals surface area contributed by atoms with Crippen molar-refractivity contribution >= 4 is 17.5 Å². The Morgan fingerprint density at radius 1 is 1.56 bits per heavy atom. The van der Waals surface area contributed by atoms with E-state index in [0.29, 0.717) is 11.6 Å². The molecule has 1 aromatic rings. The lowest BCUT2D eigenvalue weighted by atomic mass is 9.95. The van der Waals surface area contributed by atoms with E-state index in [1.54, 1.807) is 13.2 Å². The molecule has 4 heteroatoms. The van der Waals surface area contributed by atoms with Crippen LogP contribution in [0, 0.1) is 0 Å². The van der Waals surface area contributed by atoms with Crippen LogP contribution in [0.4, 0.5) is 0 Å². The third kappa shape index (κ3) is 3.22. The summed E-state index contributed by atoms with van der Waals surface area (Å²) in [5.41, 5.74) is 0.382. The number of methoxy groups -OCH3 is 1. The first-order chi connectivity index (χ1) is 7.48. The molecule has 3 nitrogen and oxygen atoms in total. The summed E-state index contributed by atoms with van der Waals surface area (Å²) < 4.78 is 5.46. The van der Waals surface area contributed by atoms with E-state index in [4.69, 9.17) is 16.3 Å². The third-order valence-electron chi connectivity index (χ3n) is 2.56. The van der Waals surface area contributed by atoms with E-state index in [1.807, 2.05) is 25.1 Å². The second-order valence-electron chi connectivity index (χ2n) is 3.86. The second kappa shape index (κ2) is 5.32. The molecule has 1 atom stereocenters. The molecule has 0 saturated heterocycles. The van der Waals surface area contributed by atoms with E-state index in [0.717, 1.165) is 5.56 Å². The molecule has 0 saturated carbocycles. The molecular formula is C12H16ClNO2. The highest BCUT2D eigenvalue weighted by Crippen LogP contribution is 2.26. The number of benzene rings is 1. The van der Waals surface area contributed by atoms with Gasteiger partial charge in [-0.15, -0.1) is 0 Å². The minimum atomic E-state index is -0.559. The molecule has 0 radical (unpaired) electrons. The van der Waals surface area contributed by atoms with Crippen molar-refractivity contribution in [2.75, 3.05) is 13.7 Å². The van der Waals surface area contributed by atoms with Crippen LogP contribution in [0.1, 0.15) is 19.4 Å². The van der Waals surface area contributed by atoms with Crippen molar-refractivity contribution in [2.45, 2.75) is 19.4 Å². The van der Waals surface area contributed by atoms with Crippen molar-refractivity contribution in [3.8, 4) is 0 Å². The third-order valence-corrected chi connectivity index (χ3v) is 2.80. The number of nitrogens with one attached hydrogen (secondary N) is 1. The lowest BCUT2D eigenvalue weighted by Crippen LogP contribution is -2.39. The first-order valence-electron chi connectivity index (χ1n) is 5.03. The van der Waals surface area contributed by atoms with E-state index in [1.165, 1.54) is 6.92 Å². The topological polar surface area (TPSA) is 38.3 Å². The van der Waals surface area contributed by atoms with Crippen LogP contribution in [-0.4, -0.2) is 19.6 Å². The fraction of sp³-hybridized carbons (Fsp3) is 0.417. The van der Waals surface area contributed by atoms with Crippen LogP contribution in [0.15, 0.2) is 24.3 Å². The van der Waals surface area contributed by atoms with Gasteiger partial charge < -0.3 is 10.1 Å². The number of amides is 1. The Hall–Kier alpha value is -1.06. The molecular weight excluding hydrogens is 226 g/mol. The highest BCUT2D eigenvalue weighted by molar-refractivity contribution is 6.30. The molecule has 1 rings (SSSR count). The van der Waals surface area contributed by atoms with Crippen LogP contribution in [0.3, 0.4) is 0 Å². The fourth-order valence-corrected chi connectivity index (χ4v) is 1.59. The normalized spacial score (nSPS) is 14.2. The Morgan fingerprint density at radius 3 is 2.75 bits per heavy atom. The van der Waals surface area contributed by atoms with Crippen molar-refractivity contribution in [3.63, 3.8) is 0 Å². The predicted octanol–water partition coefficient (Wildman–Crippen LogP) is 2.34. The van der Waals surface area contributed by atoms with Gasteiger partial charge in [-0.1, -0.05) is 23.7 Å². The Kier molecular flexibility index (Phi) is 4.33. The molecule has 0 bridgehead atoms. The molecule has 0 aliphatic rings. The summed E-state index contributed by atoms with van der Waals surface area (Å²) in [6.45, 7) is 3.81. The fourth-order valence-electron chi connectivity index (χ4n) is 1.40. The zero-order valence-electron chi connectivity index (χ0n) is 9.71. The monoisotopic (exact) mass is 241 g/mol. The molecule has 0 heterocycles. The Morgan fingerprint density at radius 2 is 2.25 bits per heavy atom. The van der Waals surface area contributed by atoms with Gasteiger partial charge in [0.25, 0.3) is 0 Å². The van der Waals surface area contributed by atoms with Gasteiger partial charge in [0.15, 0.2) is 0 Å². The molecule has 88 valence electrons. The van der Waals surface area contributed by atoms with Gasteiger partial charge in [-0.05, 0) is 24.6 Å². The van der Waals surface area contributed by atoms with Gasteiger partial charge in [-0.3, -0.25) is 4.79 Å². The number of hydrogen-bond donors (Lipinski definition) is 1. The maximum atomic E-state index is 10.9. The number of hydrogen-bond acceptors (Lipinski definition) is 2. The van der Waals surface area contributed by atoms with Gasteiger partial charge in [-0.2, -0.15) is 0 Å². The summed E-state index contributed by atoms with van der Waals surface area (Å²) in [6, 6.07) is 7.44. The van der Waals surface area contributed by atoms with Gasteiger partial charge in [-0.25, -0.2) is 0 Å². The molecule has 0 aromatic heterocycles. The van der Waals surface area contributed by atoms with E-state index in [-0.39, 0.29) is 5.91 Å². The molecule has 1 N–H and O–H groups in total. The minimum Gasteiger partial charge on any atom is -0.372 e. The number of halogens is 1. The SMILES string of the molecule is COC(C)(CNC(C)=O)c1cccc(Cl)c1. The lowest BCUT2D eigenvalue weighted by Gasteiger charge is -2.28.